The highest BCUT2D eigenvalue weighted by molar-refractivity contribution is 5.85. The molecule has 4 rings (SSSR count). The zero-order valence-electron chi connectivity index (χ0n) is 16.6. The summed E-state index contributed by atoms with van der Waals surface area (Å²) >= 11 is 0. The molecule has 0 bridgehead atoms. The number of hydrogen-bond acceptors (Lipinski definition) is 6. The highest BCUT2D eigenvalue weighted by Gasteiger charge is 2.27. The van der Waals surface area contributed by atoms with Gasteiger partial charge in [0, 0.05) is 30.8 Å². The number of nitrogens with zero attached hydrogens (tertiary/aromatic N) is 2. The fourth-order valence-corrected chi connectivity index (χ4v) is 3.63. The van der Waals surface area contributed by atoms with Crippen LogP contribution in [0, 0.1) is 0 Å². The number of oxazole rings is 1. The van der Waals surface area contributed by atoms with Gasteiger partial charge in [0.2, 0.25) is 5.89 Å². The van der Waals surface area contributed by atoms with Crippen molar-refractivity contribution < 1.29 is 13.9 Å². The summed E-state index contributed by atoms with van der Waals surface area (Å²) in [6.45, 7) is 3.38. The molecule has 1 aliphatic rings. The quantitative estimate of drug-likeness (QED) is 0.658. The predicted octanol–water partition coefficient (Wildman–Crippen LogP) is 3.93. The van der Waals surface area contributed by atoms with Crippen molar-refractivity contribution in [3.63, 3.8) is 0 Å². The molecule has 0 saturated carbocycles. The van der Waals surface area contributed by atoms with Crippen molar-refractivity contribution in [2.75, 3.05) is 33.9 Å². The van der Waals surface area contributed by atoms with Gasteiger partial charge < -0.3 is 19.2 Å². The van der Waals surface area contributed by atoms with Crippen molar-refractivity contribution in [1.82, 2.24) is 15.2 Å². The Morgan fingerprint density at radius 1 is 1.10 bits per heavy atom. The zero-order valence-corrected chi connectivity index (χ0v) is 17.4. The van der Waals surface area contributed by atoms with Gasteiger partial charge in [0.05, 0.1) is 33.0 Å². The van der Waals surface area contributed by atoms with Crippen LogP contribution in [0.15, 0.2) is 59.1 Å². The number of ether oxygens (including phenoxy) is 2. The Labute approximate surface area is 177 Å². The summed E-state index contributed by atoms with van der Waals surface area (Å²) in [6, 6.07) is 16.2. The molecule has 2 aromatic carbocycles. The van der Waals surface area contributed by atoms with E-state index < -0.39 is 0 Å². The molecule has 1 aliphatic heterocycles. The minimum absolute atomic E-state index is 0. The van der Waals surface area contributed by atoms with Crippen molar-refractivity contribution >= 4 is 12.4 Å². The van der Waals surface area contributed by atoms with E-state index in [4.69, 9.17) is 13.9 Å². The maximum Gasteiger partial charge on any atom is 0.209 e. The lowest BCUT2D eigenvalue weighted by molar-refractivity contribution is 0.138. The lowest BCUT2D eigenvalue weighted by Crippen LogP contribution is -2.45. The first-order chi connectivity index (χ1) is 13.8. The Balaban J connectivity index is 0.00000240. The molecule has 3 aromatic rings. The standard InChI is InChI=1S/C22H25N3O3.ClH/c1-26-17-9-7-16(8-10-17)21-14-24-22(28-21)15-25-12-11-23-13-19(25)18-5-3-4-6-20(18)27-2;/h3-10,14,19,23H,11-13,15H2,1-2H3;1H. The molecular weight excluding hydrogens is 390 g/mol. The third-order valence-corrected chi connectivity index (χ3v) is 5.12. The van der Waals surface area contributed by atoms with Crippen molar-refractivity contribution in [1.29, 1.82) is 0 Å². The lowest BCUT2D eigenvalue weighted by atomic mass is 10.0. The van der Waals surface area contributed by atoms with Gasteiger partial charge in [-0.05, 0) is 30.3 Å². The van der Waals surface area contributed by atoms with Crippen LogP contribution in [0.5, 0.6) is 11.5 Å². The first kappa shape index (κ1) is 21.2. The van der Waals surface area contributed by atoms with Crippen LogP contribution in [0.2, 0.25) is 0 Å². The molecule has 0 amide bonds. The highest BCUT2D eigenvalue weighted by Crippen LogP contribution is 2.31. The average molecular weight is 416 g/mol. The van der Waals surface area contributed by atoms with Crippen molar-refractivity contribution in [2.24, 2.45) is 0 Å². The summed E-state index contributed by atoms with van der Waals surface area (Å²) in [4.78, 5) is 6.90. The molecular formula is C22H26ClN3O3. The third-order valence-electron chi connectivity index (χ3n) is 5.12. The fraction of sp³-hybridized carbons (Fsp3) is 0.318. The predicted molar refractivity (Wildman–Crippen MR) is 115 cm³/mol. The minimum atomic E-state index is 0. The first-order valence-electron chi connectivity index (χ1n) is 9.45. The molecule has 1 atom stereocenters. The number of rotatable bonds is 6. The van der Waals surface area contributed by atoms with Gasteiger partial charge in [-0.2, -0.15) is 0 Å². The summed E-state index contributed by atoms with van der Waals surface area (Å²) in [6.07, 6.45) is 1.79. The molecule has 154 valence electrons. The SMILES string of the molecule is COc1ccc(-c2cnc(CN3CCNCC3c3ccccc3OC)o2)cc1.Cl. The summed E-state index contributed by atoms with van der Waals surface area (Å²) in [5.74, 6) is 3.21. The largest absolute Gasteiger partial charge is 0.497 e. The number of piperazine rings is 1. The molecule has 2 heterocycles. The minimum Gasteiger partial charge on any atom is -0.497 e. The maximum atomic E-state index is 6.04. The van der Waals surface area contributed by atoms with E-state index >= 15 is 0 Å². The Bertz CT molecular complexity index is 914. The summed E-state index contributed by atoms with van der Waals surface area (Å²) in [5.41, 5.74) is 2.17. The van der Waals surface area contributed by atoms with Crippen LogP contribution in [0.4, 0.5) is 0 Å². The Morgan fingerprint density at radius 3 is 2.66 bits per heavy atom. The molecule has 1 N–H and O–H groups in total. The van der Waals surface area contributed by atoms with E-state index in [0.717, 1.165) is 42.5 Å². The van der Waals surface area contributed by atoms with Gasteiger partial charge in [-0.1, -0.05) is 18.2 Å². The summed E-state index contributed by atoms with van der Waals surface area (Å²) in [5, 5.41) is 3.48. The van der Waals surface area contributed by atoms with Crippen LogP contribution in [0.1, 0.15) is 17.5 Å². The van der Waals surface area contributed by atoms with E-state index in [2.05, 4.69) is 27.3 Å². The molecule has 7 heteroatoms. The fourth-order valence-electron chi connectivity index (χ4n) is 3.63. The molecule has 6 nitrogen and oxygen atoms in total. The average Bonchev–Trinajstić information content (AvgIpc) is 3.23. The number of halogens is 1. The second kappa shape index (κ2) is 9.78. The number of methoxy groups -OCH3 is 2. The number of nitrogens with one attached hydrogen (secondary N) is 1. The number of aromatic nitrogens is 1. The molecule has 1 unspecified atom stereocenters. The number of benzene rings is 2. The second-order valence-corrected chi connectivity index (χ2v) is 6.78. The monoisotopic (exact) mass is 415 g/mol. The molecule has 29 heavy (non-hydrogen) atoms. The van der Waals surface area contributed by atoms with Gasteiger partial charge in [0.25, 0.3) is 0 Å². The van der Waals surface area contributed by atoms with E-state index in [0.29, 0.717) is 12.4 Å². The third kappa shape index (κ3) is 4.72. The van der Waals surface area contributed by atoms with Gasteiger partial charge in [0.1, 0.15) is 11.5 Å². The van der Waals surface area contributed by atoms with Crippen LogP contribution in [0.3, 0.4) is 0 Å². The molecule has 1 aromatic heterocycles. The van der Waals surface area contributed by atoms with E-state index in [1.807, 2.05) is 36.4 Å². The Hall–Kier alpha value is -2.54. The van der Waals surface area contributed by atoms with E-state index in [9.17, 15) is 0 Å². The van der Waals surface area contributed by atoms with Crippen LogP contribution in [-0.4, -0.2) is 43.7 Å². The topological polar surface area (TPSA) is 59.8 Å². The first-order valence-corrected chi connectivity index (χ1v) is 9.45. The lowest BCUT2D eigenvalue weighted by Gasteiger charge is -2.36. The number of hydrogen-bond donors (Lipinski definition) is 1. The molecule has 0 aliphatic carbocycles. The summed E-state index contributed by atoms with van der Waals surface area (Å²) in [7, 11) is 3.38. The Morgan fingerprint density at radius 2 is 1.90 bits per heavy atom. The van der Waals surface area contributed by atoms with Crippen LogP contribution in [-0.2, 0) is 6.54 Å². The van der Waals surface area contributed by atoms with Gasteiger partial charge in [0.15, 0.2) is 5.76 Å². The summed E-state index contributed by atoms with van der Waals surface area (Å²) < 4.78 is 16.8. The van der Waals surface area contributed by atoms with E-state index in [-0.39, 0.29) is 18.4 Å². The molecule has 1 saturated heterocycles. The van der Waals surface area contributed by atoms with Gasteiger partial charge in [-0.3, -0.25) is 4.90 Å². The van der Waals surface area contributed by atoms with Gasteiger partial charge in [-0.25, -0.2) is 4.98 Å². The van der Waals surface area contributed by atoms with Crippen molar-refractivity contribution in [3.05, 3.63) is 66.2 Å². The van der Waals surface area contributed by atoms with Crippen molar-refractivity contribution in [3.8, 4) is 22.8 Å². The molecule has 0 spiro atoms. The Kier molecular flexibility index (Phi) is 7.14. The second-order valence-electron chi connectivity index (χ2n) is 6.78. The highest BCUT2D eigenvalue weighted by atomic mass is 35.5. The van der Waals surface area contributed by atoms with Crippen molar-refractivity contribution in [2.45, 2.75) is 12.6 Å². The smallest absolute Gasteiger partial charge is 0.209 e. The number of para-hydroxylation sites is 1. The zero-order chi connectivity index (χ0) is 19.3. The van der Waals surface area contributed by atoms with E-state index in [1.54, 1.807) is 20.4 Å². The molecule has 1 fully saturated rings. The van der Waals surface area contributed by atoms with Crippen LogP contribution in [0.25, 0.3) is 11.3 Å². The van der Waals surface area contributed by atoms with E-state index in [1.165, 1.54) is 5.56 Å². The molecule has 0 radical (unpaired) electrons. The van der Waals surface area contributed by atoms with Gasteiger partial charge in [-0.15, -0.1) is 12.4 Å². The van der Waals surface area contributed by atoms with Crippen LogP contribution < -0.4 is 14.8 Å². The van der Waals surface area contributed by atoms with Crippen LogP contribution >= 0.6 is 12.4 Å². The maximum absolute atomic E-state index is 6.04. The van der Waals surface area contributed by atoms with Gasteiger partial charge >= 0.3 is 0 Å². The normalized spacial score (nSPS) is 16.8.